The third kappa shape index (κ3) is 3.27. The number of halogens is 1. The van der Waals surface area contributed by atoms with E-state index in [1.807, 2.05) is 6.92 Å². The highest BCUT2D eigenvalue weighted by Crippen LogP contribution is 2.22. The molecule has 0 aliphatic rings. The van der Waals surface area contributed by atoms with Gasteiger partial charge in [0.15, 0.2) is 5.16 Å². The number of nitrogens with zero attached hydrogens (tertiary/aromatic N) is 2. The molecule has 0 unspecified atom stereocenters. The fourth-order valence-electron chi connectivity index (χ4n) is 1.53. The van der Waals surface area contributed by atoms with Crippen LogP contribution in [0.5, 0.6) is 0 Å². The van der Waals surface area contributed by atoms with E-state index in [9.17, 15) is 4.39 Å². The molecule has 3 nitrogen and oxygen atoms in total. The highest BCUT2D eigenvalue weighted by molar-refractivity contribution is 7.98. The lowest BCUT2D eigenvalue weighted by atomic mass is 10.1. The molecule has 0 fully saturated rings. The lowest BCUT2D eigenvalue weighted by molar-refractivity contribution is 0.625. The number of rotatable bonds is 4. The number of aromatic nitrogens is 2. The van der Waals surface area contributed by atoms with E-state index in [0.29, 0.717) is 17.5 Å². The Morgan fingerprint density at radius 1 is 1.22 bits per heavy atom. The van der Waals surface area contributed by atoms with E-state index in [-0.39, 0.29) is 5.82 Å². The van der Waals surface area contributed by atoms with Crippen LogP contribution in [0.2, 0.25) is 0 Å². The predicted molar refractivity (Wildman–Crippen MR) is 70.6 cm³/mol. The van der Waals surface area contributed by atoms with Crippen LogP contribution in [0.1, 0.15) is 16.7 Å². The first-order valence-electron chi connectivity index (χ1n) is 5.58. The lowest BCUT2D eigenvalue weighted by Gasteiger charge is -2.07. The van der Waals surface area contributed by atoms with Crippen molar-refractivity contribution >= 4 is 11.8 Å². The zero-order valence-electron chi connectivity index (χ0n) is 10.1. The topological polar surface area (TPSA) is 51.8 Å². The van der Waals surface area contributed by atoms with Gasteiger partial charge in [-0.05, 0) is 35.7 Å². The maximum Gasteiger partial charge on any atom is 0.187 e. The van der Waals surface area contributed by atoms with Crippen LogP contribution in [0.25, 0.3) is 0 Å². The van der Waals surface area contributed by atoms with E-state index >= 15 is 0 Å². The van der Waals surface area contributed by atoms with Crippen LogP contribution in [0.3, 0.4) is 0 Å². The number of thioether (sulfide) groups is 1. The molecule has 0 spiro atoms. The zero-order chi connectivity index (χ0) is 13.0. The standard InChI is InChI=1S/C13H14FN3S/c1-9-6-16-13(17-7-9)18-8-11-4-12(14)3-2-10(11)5-15/h2-4,6-7H,5,8,15H2,1H3. The number of hydrogen-bond donors (Lipinski definition) is 1. The normalized spacial score (nSPS) is 10.6. The molecule has 5 heteroatoms. The SMILES string of the molecule is Cc1cnc(SCc2cc(F)ccc2CN)nc1. The van der Waals surface area contributed by atoms with Gasteiger partial charge in [0, 0.05) is 24.7 Å². The Morgan fingerprint density at radius 2 is 1.94 bits per heavy atom. The second-order valence-corrected chi connectivity index (χ2v) is 4.89. The van der Waals surface area contributed by atoms with Crippen LogP contribution in [-0.2, 0) is 12.3 Å². The van der Waals surface area contributed by atoms with Gasteiger partial charge in [-0.3, -0.25) is 0 Å². The molecule has 0 saturated heterocycles. The maximum absolute atomic E-state index is 13.2. The van der Waals surface area contributed by atoms with Gasteiger partial charge in [0.2, 0.25) is 0 Å². The van der Waals surface area contributed by atoms with Crippen molar-refractivity contribution in [1.82, 2.24) is 9.97 Å². The van der Waals surface area contributed by atoms with E-state index < -0.39 is 0 Å². The monoisotopic (exact) mass is 263 g/mol. The van der Waals surface area contributed by atoms with Gasteiger partial charge < -0.3 is 5.73 Å². The van der Waals surface area contributed by atoms with Crippen molar-refractivity contribution in [1.29, 1.82) is 0 Å². The summed E-state index contributed by atoms with van der Waals surface area (Å²) < 4.78 is 13.2. The van der Waals surface area contributed by atoms with Crippen molar-refractivity contribution in [2.24, 2.45) is 5.73 Å². The molecule has 0 saturated carbocycles. The Labute approximate surface area is 110 Å². The van der Waals surface area contributed by atoms with E-state index in [0.717, 1.165) is 16.7 Å². The summed E-state index contributed by atoms with van der Waals surface area (Å²) in [6.07, 6.45) is 3.54. The average Bonchev–Trinajstić information content (AvgIpc) is 2.38. The van der Waals surface area contributed by atoms with Gasteiger partial charge in [-0.2, -0.15) is 0 Å². The Hall–Kier alpha value is -1.46. The molecule has 1 heterocycles. The Morgan fingerprint density at radius 3 is 2.61 bits per heavy atom. The molecular weight excluding hydrogens is 249 g/mol. The summed E-state index contributed by atoms with van der Waals surface area (Å²) in [5.41, 5.74) is 8.50. The summed E-state index contributed by atoms with van der Waals surface area (Å²) in [5.74, 6) is 0.375. The van der Waals surface area contributed by atoms with Crippen LogP contribution in [0.4, 0.5) is 4.39 Å². The Bertz CT molecular complexity index is 528. The third-order valence-corrected chi connectivity index (χ3v) is 3.43. The molecule has 0 aliphatic heterocycles. The van der Waals surface area contributed by atoms with Crippen molar-refractivity contribution in [3.05, 3.63) is 53.1 Å². The Kier molecular flexibility index (Phi) is 4.28. The molecule has 2 rings (SSSR count). The third-order valence-electron chi connectivity index (χ3n) is 2.50. The number of aryl methyl sites for hydroxylation is 1. The molecule has 0 atom stereocenters. The second-order valence-electron chi connectivity index (χ2n) is 3.95. The van der Waals surface area contributed by atoms with Crippen molar-refractivity contribution in [3.8, 4) is 0 Å². The first-order chi connectivity index (χ1) is 8.69. The van der Waals surface area contributed by atoms with Crippen molar-refractivity contribution in [2.75, 3.05) is 0 Å². The van der Waals surface area contributed by atoms with Crippen LogP contribution >= 0.6 is 11.8 Å². The molecule has 18 heavy (non-hydrogen) atoms. The highest BCUT2D eigenvalue weighted by Gasteiger charge is 2.05. The largest absolute Gasteiger partial charge is 0.326 e. The minimum atomic E-state index is -0.243. The van der Waals surface area contributed by atoms with Crippen LogP contribution < -0.4 is 5.73 Å². The molecule has 94 valence electrons. The summed E-state index contributed by atoms with van der Waals surface area (Å²) >= 11 is 1.48. The van der Waals surface area contributed by atoms with Gasteiger partial charge in [-0.1, -0.05) is 17.8 Å². The molecule has 2 aromatic rings. The maximum atomic E-state index is 13.2. The van der Waals surface area contributed by atoms with Crippen molar-refractivity contribution in [2.45, 2.75) is 24.4 Å². The molecular formula is C13H14FN3S. The molecule has 0 bridgehead atoms. The number of hydrogen-bond acceptors (Lipinski definition) is 4. The van der Waals surface area contributed by atoms with Crippen LogP contribution in [-0.4, -0.2) is 9.97 Å². The van der Waals surface area contributed by atoms with Gasteiger partial charge in [-0.25, -0.2) is 14.4 Å². The summed E-state index contributed by atoms with van der Waals surface area (Å²) in [4.78, 5) is 8.40. The summed E-state index contributed by atoms with van der Waals surface area (Å²) in [6.45, 7) is 2.35. The zero-order valence-corrected chi connectivity index (χ0v) is 10.9. The lowest BCUT2D eigenvalue weighted by Crippen LogP contribution is -2.01. The second kappa shape index (κ2) is 5.93. The van der Waals surface area contributed by atoms with Crippen LogP contribution in [0.15, 0.2) is 35.7 Å². The first kappa shape index (κ1) is 13.0. The molecule has 1 aromatic carbocycles. The van der Waals surface area contributed by atoms with Crippen molar-refractivity contribution < 1.29 is 4.39 Å². The minimum Gasteiger partial charge on any atom is -0.326 e. The minimum absolute atomic E-state index is 0.243. The van der Waals surface area contributed by atoms with Gasteiger partial charge in [0.25, 0.3) is 0 Å². The fourth-order valence-corrected chi connectivity index (χ4v) is 2.33. The molecule has 2 N–H and O–H groups in total. The van der Waals surface area contributed by atoms with E-state index in [1.165, 1.54) is 23.9 Å². The first-order valence-corrected chi connectivity index (χ1v) is 6.56. The number of benzene rings is 1. The Balaban J connectivity index is 2.09. The highest BCUT2D eigenvalue weighted by atomic mass is 32.2. The van der Waals surface area contributed by atoms with Gasteiger partial charge in [-0.15, -0.1) is 0 Å². The quantitative estimate of drug-likeness (QED) is 0.680. The summed E-state index contributed by atoms with van der Waals surface area (Å²) in [6, 6.07) is 4.67. The molecule has 0 radical (unpaired) electrons. The van der Waals surface area contributed by atoms with Crippen LogP contribution in [0, 0.1) is 12.7 Å². The summed E-state index contributed by atoms with van der Waals surface area (Å²) in [7, 11) is 0. The smallest absolute Gasteiger partial charge is 0.187 e. The van der Waals surface area contributed by atoms with E-state index in [1.54, 1.807) is 18.5 Å². The molecule has 0 amide bonds. The van der Waals surface area contributed by atoms with Crippen molar-refractivity contribution in [3.63, 3.8) is 0 Å². The van der Waals surface area contributed by atoms with E-state index in [2.05, 4.69) is 9.97 Å². The van der Waals surface area contributed by atoms with E-state index in [4.69, 9.17) is 5.73 Å². The van der Waals surface area contributed by atoms with Gasteiger partial charge in [0.1, 0.15) is 5.82 Å². The fraction of sp³-hybridized carbons (Fsp3) is 0.231. The molecule has 0 aliphatic carbocycles. The molecule has 1 aromatic heterocycles. The van der Waals surface area contributed by atoms with Gasteiger partial charge >= 0.3 is 0 Å². The average molecular weight is 263 g/mol. The summed E-state index contributed by atoms with van der Waals surface area (Å²) in [5, 5.41) is 0.688. The predicted octanol–water partition coefficient (Wildman–Crippen LogP) is 2.68. The number of nitrogens with two attached hydrogens (primary N) is 1. The van der Waals surface area contributed by atoms with Gasteiger partial charge in [0.05, 0.1) is 0 Å².